The molecule has 0 amide bonds. The Morgan fingerprint density at radius 1 is 1.33 bits per heavy atom. The van der Waals surface area contributed by atoms with Gasteiger partial charge >= 0.3 is 5.69 Å². The van der Waals surface area contributed by atoms with E-state index in [1.165, 1.54) is 25.1 Å². The molecule has 0 radical (unpaired) electrons. The summed E-state index contributed by atoms with van der Waals surface area (Å²) in [4.78, 5) is 20.7. The topological polar surface area (TPSA) is 73.3 Å². The number of benzene rings is 1. The van der Waals surface area contributed by atoms with Gasteiger partial charge in [-0.1, -0.05) is 0 Å². The quantitative estimate of drug-likeness (QED) is 0.475. The highest BCUT2D eigenvalue weighted by Crippen LogP contribution is 2.27. The van der Waals surface area contributed by atoms with Crippen LogP contribution in [0.2, 0.25) is 0 Å². The van der Waals surface area contributed by atoms with E-state index in [1.807, 2.05) is 0 Å². The predicted molar refractivity (Wildman–Crippen MR) is 60.8 cm³/mol. The van der Waals surface area contributed by atoms with Crippen molar-refractivity contribution in [3.05, 3.63) is 52.0 Å². The molecule has 92 valence electrons. The Bertz CT molecular complexity index is 633. The van der Waals surface area contributed by atoms with Crippen LogP contribution in [0.4, 0.5) is 10.1 Å². The highest BCUT2D eigenvalue weighted by molar-refractivity contribution is 5.91. The molecular formula is C12H8FNO4. The van der Waals surface area contributed by atoms with Gasteiger partial charge in [0.2, 0.25) is 5.82 Å². The number of rotatable bonds is 3. The van der Waals surface area contributed by atoms with Gasteiger partial charge in [0.15, 0.2) is 11.5 Å². The molecule has 6 heteroatoms. The number of hydrogen-bond donors (Lipinski definition) is 0. The Labute approximate surface area is 101 Å². The number of hydrogen-bond acceptors (Lipinski definition) is 4. The van der Waals surface area contributed by atoms with E-state index in [2.05, 4.69) is 0 Å². The molecule has 0 aliphatic carbocycles. The Hall–Kier alpha value is -2.50. The van der Waals surface area contributed by atoms with Gasteiger partial charge in [-0.25, -0.2) is 0 Å². The van der Waals surface area contributed by atoms with Crippen molar-refractivity contribution in [1.29, 1.82) is 0 Å². The van der Waals surface area contributed by atoms with Crippen molar-refractivity contribution >= 4 is 11.5 Å². The largest absolute Gasteiger partial charge is 0.453 e. The van der Waals surface area contributed by atoms with Crippen LogP contribution in [-0.4, -0.2) is 10.7 Å². The molecule has 0 saturated carbocycles. The summed E-state index contributed by atoms with van der Waals surface area (Å²) in [6, 6.07) is 6.40. The van der Waals surface area contributed by atoms with Crippen molar-refractivity contribution < 1.29 is 18.5 Å². The molecule has 2 rings (SSSR count). The van der Waals surface area contributed by atoms with Gasteiger partial charge in [-0.05, 0) is 24.3 Å². The zero-order valence-corrected chi connectivity index (χ0v) is 9.34. The number of carbonyl (C=O) groups is 1. The Balaban J connectivity index is 2.42. The maximum absolute atomic E-state index is 13.4. The van der Waals surface area contributed by atoms with Gasteiger partial charge in [0.05, 0.1) is 4.92 Å². The summed E-state index contributed by atoms with van der Waals surface area (Å²) in [5, 5.41) is 10.5. The summed E-state index contributed by atoms with van der Waals surface area (Å²) < 4.78 is 18.6. The Morgan fingerprint density at radius 3 is 2.56 bits per heavy atom. The van der Waals surface area contributed by atoms with Crippen molar-refractivity contribution in [3.8, 4) is 11.3 Å². The zero-order valence-electron chi connectivity index (χ0n) is 9.34. The average molecular weight is 249 g/mol. The van der Waals surface area contributed by atoms with Crippen LogP contribution in [0.15, 0.2) is 34.7 Å². The maximum atomic E-state index is 13.4. The van der Waals surface area contributed by atoms with Crippen molar-refractivity contribution in [2.75, 3.05) is 0 Å². The molecule has 0 atom stereocenters. The highest BCUT2D eigenvalue weighted by Gasteiger charge is 2.16. The molecule has 0 spiro atoms. The molecule has 1 heterocycles. The first-order valence-electron chi connectivity index (χ1n) is 5.04. The molecule has 1 aromatic heterocycles. The molecule has 0 unspecified atom stereocenters. The van der Waals surface area contributed by atoms with E-state index in [-0.39, 0.29) is 17.3 Å². The number of carbonyl (C=O) groups excluding carboxylic acids is 1. The lowest BCUT2D eigenvalue weighted by Crippen LogP contribution is -1.92. The third-order valence-electron chi connectivity index (χ3n) is 2.38. The summed E-state index contributed by atoms with van der Waals surface area (Å²) in [6.07, 6.45) is 0. The van der Waals surface area contributed by atoms with E-state index in [9.17, 15) is 19.3 Å². The lowest BCUT2D eigenvalue weighted by Gasteiger charge is -1.98. The van der Waals surface area contributed by atoms with Crippen LogP contribution in [0, 0.1) is 15.9 Å². The monoisotopic (exact) mass is 249 g/mol. The van der Waals surface area contributed by atoms with E-state index in [1.54, 1.807) is 0 Å². The summed E-state index contributed by atoms with van der Waals surface area (Å²) >= 11 is 0. The number of nitro benzene ring substituents is 1. The molecule has 2 aromatic rings. The van der Waals surface area contributed by atoms with Gasteiger partial charge < -0.3 is 4.42 Å². The maximum Gasteiger partial charge on any atom is 0.304 e. The summed E-state index contributed by atoms with van der Waals surface area (Å²) in [5.74, 6) is -0.750. The summed E-state index contributed by atoms with van der Waals surface area (Å²) in [5.41, 5.74) is -0.261. The third kappa shape index (κ3) is 2.13. The van der Waals surface area contributed by atoms with Crippen LogP contribution in [0.25, 0.3) is 11.3 Å². The van der Waals surface area contributed by atoms with Crippen molar-refractivity contribution in [3.63, 3.8) is 0 Å². The lowest BCUT2D eigenvalue weighted by molar-refractivity contribution is -0.387. The van der Waals surface area contributed by atoms with Crippen molar-refractivity contribution in [2.45, 2.75) is 6.92 Å². The number of halogens is 1. The van der Waals surface area contributed by atoms with Crippen LogP contribution < -0.4 is 0 Å². The van der Waals surface area contributed by atoms with Crippen LogP contribution >= 0.6 is 0 Å². The molecule has 0 aliphatic heterocycles. The minimum Gasteiger partial charge on any atom is -0.453 e. The highest BCUT2D eigenvalue weighted by atomic mass is 19.1. The SMILES string of the molecule is CC(=O)c1ccc(-c2ccc([N+](=O)[O-])c(F)c2)o1. The second-order valence-corrected chi connectivity index (χ2v) is 3.64. The normalized spacial score (nSPS) is 10.3. The van der Waals surface area contributed by atoms with E-state index in [4.69, 9.17) is 4.42 Å². The van der Waals surface area contributed by atoms with Crippen molar-refractivity contribution in [1.82, 2.24) is 0 Å². The first-order chi connectivity index (χ1) is 8.49. The number of nitro groups is 1. The average Bonchev–Trinajstić information content (AvgIpc) is 2.77. The fraction of sp³-hybridized carbons (Fsp3) is 0.0833. The standard InChI is InChI=1S/C12H8FNO4/c1-7(15)11-4-5-12(18-11)8-2-3-10(14(16)17)9(13)6-8/h2-6H,1H3. The van der Waals surface area contributed by atoms with Gasteiger partial charge in [-0.2, -0.15) is 4.39 Å². The second-order valence-electron chi connectivity index (χ2n) is 3.64. The van der Waals surface area contributed by atoms with Gasteiger partial charge in [0, 0.05) is 18.6 Å². The van der Waals surface area contributed by atoms with E-state index in [0.29, 0.717) is 5.56 Å². The van der Waals surface area contributed by atoms with Gasteiger partial charge in [0.25, 0.3) is 0 Å². The van der Waals surface area contributed by atoms with E-state index in [0.717, 1.165) is 12.1 Å². The third-order valence-corrected chi connectivity index (χ3v) is 2.38. The molecular weight excluding hydrogens is 241 g/mol. The predicted octanol–water partition coefficient (Wildman–Crippen LogP) is 3.20. The lowest BCUT2D eigenvalue weighted by atomic mass is 10.1. The van der Waals surface area contributed by atoms with Gasteiger partial charge in [0.1, 0.15) is 5.76 Å². The number of Topliss-reactive ketones (excluding diaryl/α,β-unsaturated/α-hetero) is 1. The molecule has 0 saturated heterocycles. The van der Waals surface area contributed by atoms with E-state index < -0.39 is 16.4 Å². The van der Waals surface area contributed by atoms with Crippen LogP contribution in [0.1, 0.15) is 17.5 Å². The van der Waals surface area contributed by atoms with Gasteiger partial charge in [-0.15, -0.1) is 0 Å². The van der Waals surface area contributed by atoms with Crippen LogP contribution in [-0.2, 0) is 0 Å². The molecule has 0 aliphatic rings. The zero-order chi connectivity index (χ0) is 13.3. The van der Waals surface area contributed by atoms with Crippen LogP contribution in [0.5, 0.6) is 0 Å². The smallest absolute Gasteiger partial charge is 0.304 e. The fourth-order valence-electron chi connectivity index (χ4n) is 1.49. The Kier molecular flexibility index (Phi) is 2.93. The molecule has 1 aromatic carbocycles. The summed E-state index contributed by atoms with van der Waals surface area (Å²) in [6.45, 7) is 1.35. The number of nitrogens with zero attached hydrogens (tertiary/aromatic N) is 1. The minimum atomic E-state index is -0.946. The van der Waals surface area contributed by atoms with Crippen molar-refractivity contribution in [2.24, 2.45) is 0 Å². The van der Waals surface area contributed by atoms with Gasteiger partial charge in [-0.3, -0.25) is 14.9 Å². The summed E-state index contributed by atoms with van der Waals surface area (Å²) in [7, 11) is 0. The molecule has 5 nitrogen and oxygen atoms in total. The fourth-order valence-corrected chi connectivity index (χ4v) is 1.49. The number of ketones is 1. The minimum absolute atomic E-state index is 0.156. The molecule has 0 fully saturated rings. The molecule has 0 N–H and O–H groups in total. The second kappa shape index (κ2) is 4.40. The van der Waals surface area contributed by atoms with E-state index >= 15 is 0 Å². The molecule has 18 heavy (non-hydrogen) atoms. The Morgan fingerprint density at radius 2 is 2.06 bits per heavy atom. The number of furan rings is 1. The van der Waals surface area contributed by atoms with Crippen LogP contribution in [0.3, 0.4) is 0 Å². The molecule has 0 bridgehead atoms. The first kappa shape index (κ1) is 12.0. The first-order valence-corrected chi connectivity index (χ1v) is 5.04.